The fraction of sp³-hybridized carbons (Fsp3) is 0.412. The molecule has 1 aromatic carbocycles. The second-order valence-corrected chi connectivity index (χ2v) is 6.22. The summed E-state index contributed by atoms with van der Waals surface area (Å²) in [4.78, 5) is 2.78. The summed E-state index contributed by atoms with van der Waals surface area (Å²) in [7, 11) is 0. The van der Waals surface area contributed by atoms with Crippen LogP contribution in [0.25, 0.3) is 0 Å². The Hall–Kier alpha value is -1.32. The van der Waals surface area contributed by atoms with Gasteiger partial charge in [-0.2, -0.15) is 0 Å². The van der Waals surface area contributed by atoms with Crippen molar-refractivity contribution in [2.24, 2.45) is 0 Å². The van der Waals surface area contributed by atoms with Crippen molar-refractivity contribution in [1.29, 1.82) is 0 Å². The Labute approximate surface area is 125 Å². The smallest absolute Gasteiger partial charge is 0.119 e. The molecule has 0 radical (unpaired) electrons. The average Bonchev–Trinajstić information content (AvgIpc) is 2.90. The average molecular weight is 289 g/mol. The van der Waals surface area contributed by atoms with E-state index in [1.165, 1.54) is 9.75 Å². The molecule has 0 fully saturated rings. The molecule has 0 aliphatic heterocycles. The first-order chi connectivity index (χ1) is 9.79. The standard InChI is InChI=1S/C17H23NOS/c1-3-12-18-16(17-10-9-14(2)20-17)11-13-19-15-7-5-4-6-8-15/h4-10,16,18H,3,11-13H2,1-2H3. The van der Waals surface area contributed by atoms with Crippen LogP contribution in [0.3, 0.4) is 0 Å². The van der Waals surface area contributed by atoms with Gasteiger partial charge in [-0.25, -0.2) is 0 Å². The van der Waals surface area contributed by atoms with Crippen LogP contribution in [0.2, 0.25) is 0 Å². The molecule has 1 N–H and O–H groups in total. The van der Waals surface area contributed by atoms with Crippen molar-refractivity contribution < 1.29 is 4.74 Å². The van der Waals surface area contributed by atoms with Crippen molar-refractivity contribution in [2.75, 3.05) is 13.2 Å². The molecule has 0 amide bonds. The van der Waals surface area contributed by atoms with E-state index in [0.717, 1.165) is 31.7 Å². The van der Waals surface area contributed by atoms with E-state index in [4.69, 9.17) is 4.74 Å². The Morgan fingerprint density at radius 3 is 2.60 bits per heavy atom. The lowest BCUT2D eigenvalue weighted by Crippen LogP contribution is -2.23. The molecule has 0 aliphatic carbocycles. The Morgan fingerprint density at radius 2 is 1.95 bits per heavy atom. The molecule has 0 aliphatic rings. The largest absolute Gasteiger partial charge is 0.494 e. The Balaban J connectivity index is 1.87. The van der Waals surface area contributed by atoms with Crippen molar-refractivity contribution in [3.05, 3.63) is 52.2 Å². The maximum absolute atomic E-state index is 5.81. The Kier molecular flexibility index (Phi) is 6.09. The molecule has 0 saturated carbocycles. The molecular formula is C17H23NOS. The third-order valence-electron chi connectivity index (χ3n) is 3.16. The van der Waals surface area contributed by atoms with E-state index in [1.54, 1.807) is 0 Å². The quantitative estimate of drug-likeness (QED) is 0.769. The first-order valence-corrected chi connectivity index (χ1v) is 8.09. The van der Waals surface area contributed by atoms with Crippen molar-refractivity contribution >= 4 is 11.3 Å². The number of thiophene rings is 1. The summed E-state index contributed by atoms with van der Waals surface area (Å²) in [6.07, 6.45) is 2.15. The van der Waals surface area contributed by atoms with Gasteiger partial charge in [0.25, 0.3) is 0 Å². The second-order valence-electron chi connectivity index (χ2n) is 4.91. The summed E-state index contributed by atoms with van der Waals surface area (Å²) >= 11 is 1.87. The Morgan fingerprint density at radius 1 is 1.15 bits per heavy atom. The normalized spacial score (nSPS) is 12.3. The lowest BCUT2D eigenvalue weighted by Gasteiger charge is -2.17. The molecule has 0 spiro atoms. The van der Waals surface area contributed by atoms with Gasteiger partial charge in [-0.3, -0.25) is 0 Å². The molecule has 1 heterocycles. The van der Waals surface area contributed by atoms with Crippen molar-refractivity contribution in [3.8, 4) is 5.75 Å². The number of hydrogen-bond acceptors (Lipinski definition) is 3. The third kappa shape index (κ3) is 4.66. The fourth-order valence-corrected chi connectivity index (χ4v) is 3.10. The van der Waals surface area contributed by atoms with Crippen molar-refractivity contribution in [2.45, 2.75) is 32.7 Å². The van der Waals surface area contributed by atoms with Crippen LogP contribution in [0.15, 0.2) is 42.5 Å². The number of hydrogen-bond donors (Lipinski definition) is 1. The lowest BCUT2D eigenvalue weighted by atomic mass is 10.1. The van der Waals surface area contributed by atoms with E-state index >= 15 is 0 Å². The SMILES string of the molecule is CCCNC(CCOc1ccccc1)c1ccc(C)s1. The highest BCUT2D eigenvalue weighted by atomic mass is 32.1. The molecule has 108 valence electrons. The minimum atomic E-state index is 0.400. The van der Waals surface area contributed by atoms with Crippen LogP contribution in [0.4, 0.5) is 0 Å². The highest BCUT2D eigenvalue weighted by molar-refractivity contribution is 7.12. The van der Waals surface area contributed by atoms with Gasteiger partial charge in [0.2, 0.25) is 0 Å². The summed E-state index contributed by atoms with van der Waals surface area (Å²) in [5.74, 6) is 0.948. The van der Waals surface area contributed by atoms with Gasteiger partial charge in [-0.15, -0.1) is 11.3 Å². The summed E-state index contributed by atoms with van der Waals surface area (Å²) in [5, 5.41) is 3.62. The molecule has 2 aromatic rings. The van der Waals surface area contributed by atoms with E-state index in [9.17, 15) is 0 Å². The molecule has 2 rings (SSSR count). The van der Waals surface area contributed by atoms with Crippen molar-refractivity contribution in [1.82, 2.24) is 5.32 Å². The minimum absolute atomic E-state index is 0.400. The van der Waals surface area contributed by atoms with Gasteiger partial charge in [-0.05, 0) is 44.2 Å². The number of benzene rings is 1. The van der Waals surface area contributed by atoms with E-state index in [-0.39, 0.29) is 0 Å². The van der Waals surface area contributed by atoms with Crippen LogP contribution in [-0.4, -0.2) is 13.2 Å². The van der Waals surface area contributed by atoms with E-state index < -0.39 is 0 Å². The molecule has 3 heteroatoms. The van der Waals surface area contributed by atoms with Gasteiger partial charge in [0.05, 0.1) is 6.61 Å². The number of ether oxygens (including phenoxy) is 1. The van der Waals surface area contributed by atoms with Gasteiger partial charge in [0.15, 0.2) is 0 Å². The molecular weight excluding hydrogens is 266 g/mol. The van der Waals surface area contributed by atoms with Crippen LogP contribution in [0.1, 0.15) is 35.6 Å². The maximum Gasteiger partial charge on any atom is 0.119 e. The predicted octanol–water partition coefficient (Wildman–Crippen LogP) is 4.57. The zero-order valence-electron chi connectivity index (χ0n) is 12.3. The monoisotopic (exact) mass is 289 g/mol. The third-order valence-corrected chi connectivity index (χ3v) is 4.28. The van der Waals surface area contributed by atoms with Crippen LogP contribution in [0, 0.1) is 6.92 Å². The van der Waals surface area contributed by atoms with Gasteiger partial charge in [0, 0.05) is 22.2 Å². The van der Waals surface area contributed by atoms with Gasteiger partial charge >= 0.3 is 0 Å². The van der Waals surface area contributed by atoms with E-state index in [0.29, 0.717) is 6.04 Å². The van der Waals surface area contributed by atoms with Gasteiger partial charge < -0.3 is 10.1 Å². The lowest BCUT2D eigenvalue weighted by molar-refractivity contribution is 0.287. The second kappa shape index (κ2) is 8.08. The highest BCUT2D eigenvalue weighted by Gasteiger charge is 2.12. The first-order valence-electron chi connectivity index (χ1n) is 7.27. The summed E-state index contributed by atoms with van der Waals surface area (Å²) < 4.78 is 5.81. The van der Waals surface area contributed by atoms with E-state index in [2.05, 4.69) is 31.3 Å². The first kappa shape index (κ1) is 15.1. The molecule has 0 saturated heterocycles. The van der Waals surface area contributed by atoms with Crippen LogP contribution in [-0.2, 0) is 0 Å². The Bertz CT molecular complexity index is 495. The van der Waals surface area contributed by atoms with Crippen LogP contribution in [0.5, 0.6) is 5.75 Å². The zero-order valence-corrected chi connectivity index (χ0v) is 13.1. The number of nitrogens with one attached hydrogen (secondary N) is 1. The van der Waals surface area contributed by atoms with Gasteiger partial charge in [0.1, 0.15) is 5.75 Å². The summed E-state index contributed by atoms with van der Waals surface area (Å²) in [6.45, 7) is 6.14. The molecule has 1 unspecified atom stereocenters. The summed E-state index contributed by atoms with van der Waals surface area (Å²) in [6, 6.07) is 14.8. The zero-order chi connectivity index (χ0) is 14.2. The van der Waals surface area contributed by atoms with Crippen LogP contribution < -0.4 is 10.1 Å². The fourth-order valence-electron chi connectivity index (χ4n) is 2.12. The number of aryl methyl sites for hydroxylation is 1. The van der Waals surface area contributed by atoms with Crippen LogP contribution >= 0.6 is 11.3 Å². The summed E-state index contributed by atoms with van der Waals surface area (Å²) in [5.41, 5.74) is 0. The molecule has 0 bridgehead atoms. The minimum Gasteiger partial charge on any atom is -0.494 e. The van der Waals surface area contributed by atoms with E-state index in [1.807, 2.05) is 41.7 Å². The molecule has 2 nitrogen and oxygen atoms in total. The van der Waals surface area contributed by atoms with Gasteiger partial charge in [-0.1, -0.05) is 25.1 Å². The van der Waals surface area contributed by atoms with Crippen molar-refractivity contribution in [3.63, 3.8) is 0 Å². The topological polar surface area (TPSA) is 21.3 Å². The molecule has 20 heavy (non-hydrogen) atoms. The highest BCUT2D eigenvalue weighted by Crippen LogP contribution is 2.25. The maximum atomic E-state index is 5.81. The number of para-hydroxylation sites is 1. The predicted molar refractivity (Wildman–Crippen MR) is 86.6 cm³/mol. The number of rotatable bonds is 8. The molecule has 1 aromatic heterocycles. The molecule has 1 atom stereocenters.